The second-order valence-electron chi connectivity index (χ2n) is 4.80. The SMILES string of the molecule is Cc1cn(-c2cncnc2)c(NC2CCCC2)n1. The van der Waals surface area contributed by atoms with Gasteiger partial charge in [-0.1, -0.05) is 12.8 Å². The first-order valence-electron chi connectivity index (χ1n) is 6.41. The Balaban J connectivity index is 1.89. The number of imidazole rings is 1. The number of hydrogen-bond acceptors (Lipinski definition) is 4. The highest BCUT2D eigenvalue weighted by molar-refractivity contribution is 5.41. The lowest BCUT2D eigenvalue weighted by atomic mass is 10.2. The van der Waals surface area contributed by atoms with Crippen LogP contribution >= 0.6 is 0 Å². The Hall–Kier alpha value is -1.91. The zero-order valence-electron chi connectivity index (χ0n) is 10.5. The Kier molecular flexibility index (Phi) is 2.96. The zero-order chi connectivity index (χ0) is 12.4. The Morgan fingerprint density at radius 3 is 2.67 bits per heavy atom. The van der Waals surface area contributed by atoms with Gasteiger partial charge in [-0.15, -0.1) is 0 Å². The molecule has 1 aliphatic carbocycles. The van der Waals surface area contributed by atoms with Crippen molar-refractivity contribution in [3.8, 4) is 5.69 Å². The van der Waals surface area contributed by atoms with Gasteiger partial charge in [0.1, 0.15) is 6.33 Å². The van der Waals surface area contributed by atoms with Crippen LogP contribution in [-0.4, -0.2) is 25.6 Å². The molecule has 1 N–H and O–H groups in total. The Labute approximate surface area is 106 Å². The maximum atomic E-state index is 4.55. The average Bonchev–Trinajstić information content (AvgIpc) is 3.01. The molecule has 2 heterocycles. The standard InChI is InChI=1S/C13H17N5/c1-10-8-18(12-6-14-9-15-7-12)13(16-10)17-11-4-2-3-5-11/h6-9,11H,2-5H2,1H3,(H,16,17). The van der Waals surface area contributed by atoms with E-state index in [9.17, 15) is 0 Å². The van der Waals surface area contributed by atoms with Crippen molar-refractivity contribution in [2.24, 2.45) is 0 Å². The van der Waals surface area contributed by atoms with Crippen LogP contribution in [-0.2, 0) is 0 Å². The van der Waals surface area contributed by atoms with Crippen molar-refractivity contribution < 1.29 is 0 Å². The van der Waals surface area contributed by atoms with E-state index in [2.05, 4.69) is 20.3 Å². The Morgan fingerprint density at radius 2 is 1.94 bits per heavy atom. The predicted molar refractivity (Wildman–Crippen MR) is 69.8 cm³/mol. The molecule has 0 atom stereocenters. The number of aryl methyl sites for hydroxylation is 1. The minimum atomic E-state index is 0.551. The number of aromatic nitrogens is 4. The fraction of sp³-hybridized carbons (Fsp3) is 0.462. The molecule has 1 fully saturated rings. The quantitative estimate of drug-likeness (QED) is 0.899. The number of rotatable bonds is 3. The first-order valence-corrected chi connectivity index (χ1v) is 6.41. The molecule has 3 rings (SSSR count). The molecule has 2 aromatic heterocycles. The molecule has 0 unspecified atom stereocenters. The Bertz CT molecular complexity index is 513. The number of nitrogens with zero attached hydrogens (tertiary/aromatic N) is 4. The summed E-state index contributed by atoms with van der Waals surface area (Å²) in [6, 6.07) is 0.551. The van der Waals surface area contributed by atoms with Gasteiger partial charge in [-0.3, -0.25) is 4.57 Å². The zero-order valence-corrected chi connectivity index (χ0v) is 10.5. The highest BCUT2D eigenvalue weighted by Gasteiger charge is 2.17. The van der Waals surface area contributed by atoms with Gasteiger partial charge in [-0.2, -0.15) is 0 Å². The van der Waals surface area contributed by atoms with Gasteiger partial charge in [0.2, 0.25) is 5.95 Å². The van der Waals surface area contributed by atoms with E-state index in [0.29, 0.717) is 6.04 Å². The first kappa shape index (κ1) is 11.2. The predicted octanol–water partition coefficient (Wildman–Crippen LogP) is 2.33. The molecule has 0 radical (unpaired) electrons. The lowest BCUT2D eigenvalue weighted by Gasteiger charge is -2.14. The molecule has 0 saturated heterocycles. The molecular formula is C13H17N5. The molecule has 5 heteroatoms. The third-order valence-electron chi connectivity index (χ3n) is 3.34. The molecule has 0 aromatic carbocycles. The molecule has 1 saturated carbocycles. The minimum Gasteiger partial charge on any atom is -0.353 e. The van der Waals surface area contributed by atoms with Crippen LogP contribution in [0.1, 0.15) is 31.4 Å². The van der Waals surface area contributed by atoms with E-state index in [1.165, 1.54) is 32.0 Å². The van der Waals surface area contributed by atoms with E-state index in [1.54, 1.807) is 12.4 Å². The van der Waals surface area contributed by atoms with Crippen molar-refractivity contribution in [2.75, 3.05) is 5.32 Å². The summed E-state index contributed by atoms with van der Waals surface area (Å²) in [5.74, 6) is 0.897. The summed E-state index contributed by atoms with van der Waals surface area (Å²) < 4.78 is 2.02. The maximum absolute atomic E-state index is 4.55. The van der Waals surface area contributed by atoms with Crippen molar-refractivity contribution >= 4 is 5.95 Å². The van der Waals surface area contributed by atoms with Crippen LogP contribution < -0.4 is 5.32 Å². The van der Waals surface area contributed by atoms with Gasteiger partial charge in [-0.25, -0.2) is 15.0 Å². The summed E-state index contributed by atoms with van der Waals surface area (Å²) >= 11 is 0. The lowest BCUT2D eigenvalue weighted by molar-refractivity contribution is 0.740. The van der Waals surface area contributed by atoms with Crippen LogP contribution in [0.25, 0.3) is 5.69 Å². The molecular weight excluding hydrogens is 226 g/mol. The summed E-state index contributed by atoms with van der Waals surface area (Å²) in [7, 11) is 0. The van der Waals surface area contributed by atoms with E-state index in [1.807, 2.05) is 17.7 Å². The van der Waals surface area contributed by atoms with Crippen LogP contribution in [0.3, 0.4) is 0 Å². The molecule has 5 nitrogen and oxygen atoms in total. The molecule has 2 aromatic rings. The molecule has 94 valence electrons. The van der Waals surface area contributed by atoms with Crippen LogP contribution in [0.5, 0.6) is 0 Å². The van der Waals surface area contributed by atoms with Crippen molar-refractivity contribution in [2.45, 2.75) is 38.6 Å². The van der Waals surface area contributed by atoms with Gasteiger partial charge < -0.3 is 5.32 Å². The van der Waals surface area contributed by atoms with Crippen molar-refractivity contribution in [3.05, 3.63) is 30.6 Å². The number of hydrogen-bond donors (Lipinski definition) is 1. The van der Waals surface area contributed by atoms with Gasteiger partial charge in [-0.05, 0) is 19.8 Å². The fourth-order valence-electron chi connectivity index (χ4n) is 2.46. The smallest absolute Gasteiger partial charge is 0.208 e. The lowest BCUT2D eigenvalue weighted by Crippen LogP contribution is -2.17. The van der Waals surface area contributed by atoms with Gasteiger partial charge in [0.15, 0.2) is 0 Å². The van der Waals surface area contributed by atoms with Gasteiger partial charge in [0.05, 0.1) is 23.8 Å². The average molecular weight is 243 g/mol. The Morgan fingerprint density at radius 1 is 1.22 bits per heavy atom. The van der Waals surface area contributed by atoms with E-state index in [-0.39, 0.29) is 0 Å². The van der Waals surface area contributed by atoms with Crippen molar-refractivity contribution in [3.63, 3.8) is 0 Å². The molecule has 0 spiro atoms. The van der Waals surface area contributed by atoms with Crippen LogP contribution in [0, 0.1) is 6.92 Å². The number of nitrogens with one attached hydrogen (secondary N) is 1. The summed E-state index contributed by atoms with van der Waals surface area (Å²) in [6.07, 6.45) is 12.2. The second kappa shape index (κ2) is 4.76. The molecule has 1 aliphatic rings. The van der Waals surface area contributed by atoms with Gasteiger partial charge in [0.25, 0.3) is 0 Å². The summed E-state index contributed by atoms with van der Waals surface area (Å²) in [4.78, 5) is 12.7. The van der Waals surface area contributed by atoms with E-state index < -0.39 is 0 Å². The van der Waals surface area contributed by atoms with Crippen LogP contribution in [0.15, 0.2) is 24.9 Å². The molecule has 0 bridgehead atoms. The normalized spacial score (nSPS) is 16.1. The van der Waals surface area contributed by atoms with Crippen LogP contribution in [0.2, 0.25) is 0 Å². The summed E-state index contributed by atoms with van der Waals surface area (Å²) in [5, 5.41) is 3.53. The third kappa shape index (κ3) is 2.20. The molecule has 0 amide bonds. The topological polar surface area (TPSA) is 55.6 Å². The second-order valence-corrected chi connectivity index (χ2v) is 4.80. The fourth-order valence-corrected chi connectivity index (χ4v) is 2.46. The largest absolute Gasteiger partial charge is 0.353 e. The monoisotopic (exact) mass is 243 g/mol. The maximum Gasteiger partial charge on any atom is 0.208 e. The highest BCUT2D eigenvalue weighted by atomic mass is 15.2. The van der Waals surface area contributed by atoms with Crippen LogP contribution in [0.4, 0.5) is 5.95 Å². The molecule has 0 aliphatic heterocycles. The first-order chi connectivity index (χ1) is 8.83. The van der Waals surface area contributed by atoms with Crippen molar-refractivity contribution in [1.82, 2.24) is 19.5 Å². The third-order valence-corrected chi connectivity index (χ3v) is 3.34. The summed E-state index contributed by atoms with van der Waals surface area (Å²) in [5.41, 5.74) is 1.94. The van der Waals surface area contributed by atoms with Crippen molar-refractivity contribution in [1.29, 1.82) is 0 Å². The van der Waals surface area contributed by atoms with Gasteiger partial charge >= 0.3 is 0 Å². The molecule has 18 heavy (non-hydrogen) atoms. The van der Waals surface area contributed by atoms with E-state index in [0.717, 1.165) is 17.3 Å². The van der Waals surface area contributed by atoms with E-state index >= 15 is 0 Å². The van der Waals surface area contributed by atoms with Gasteiger partial charge in [0, 0.05) is 12.2 Å². The van der Waals surface area contributed by atoms with E-state index in [4.69, 9.17) is 0 Å². The number of anilines is 1. The highest BCUT2D eigenvalue weighted by Crippen LogP contribution is 2.23. The minimum absolute atomic E-state index is 0.551. The summed E-state index contributed by atoms with van der Waals surface area (Å²) in [6.45, 7) is 2.00.